The van der Waals surface area contributed by atoms with E-state index in [1.165, 1.54) is 0 Å². The Labute approximate surface area is 269 Å². The molecule has 3 heterocycles. The molecule has 0 radical (unpaired) electrons. The Bertz CT molecular complexity index is 1880. The summed E-state index contributed by atoms with van der Waals surface area (Å²) in [5.41, 5.74) is 4.54. The summed E-state index contributed by atoms with van der Waals surface area (Å²) in [6.07, 6.45) is 0.925. The van der Waals surface area contributed by atoms with Crippen LogP contribution < -0.4 is 15.2 Å². The monoisotopic (exact) mass is 620 g/mol. The summed E-state index contributed by atoms with van der Waals surface area (Å²) in [5.74, 6) is 0.751. The zero-order valence-corrected chi connectivity index (χ0v) is 26.8. The number of imidazole rings is 1. The van der Waals surface area contributed by atoms with Crippen molar-refractivity contribution >= 4 is 17.0 Å². The van der Waals surface area contributed by atoms with E-state index in [2.05, 4.69) is 17.0 Å². The van der Waals surface area contributed by atoms with Crippen LogP contribution in [0, 0.1) is 0 Å². The summed E-state index contributed by atoms with van der Waals surface area (Å²) < 4.78 is 21.1. The smallest absolute Gasteiger partial charge is 0.333 e. The molecule has 238 valence electrons. The van der Waals surface area contributed by atoms with Gasteiger partial charge in [-0.15, -0.1) is 0 Å². The number of ether oxygens (including phenoxy) is 3. The maximum absolute atomic E-state index is 13.8. The third kappa shape index (κ3) is 7.15. The average molecular weight is 621 g/mol. The minimum Gasteiger partial charge on any atom is -0.473 e. The Morgan fingerprint density at radius 2 is 1.54 bits per heavy atom. The molecule has 9 heteroatoms. The molecule has 0 bridgehead atoms. The summed E-state index contributed by atoms with van der Waals surface area (Å²) in [4.78, 5) is 33.0. The fraction of sp³-hybridized carbons (Fsp3) is 0.324. The van der Waals surface area contributed by atoms with Crippen LogP contribution in [-0.2, 0) is 29.8 Å². The van der Waals surface area contributed by atoms with E-state index in [0.717, 1.165) is 47.2 Å². The number of carbonyl (C=O) groups excluding carboxylic acids is 1. The highest BCUT2D eigenvalue weighted by Crippen LogP contribution is 2.32. The highest BCUT2D eigenvalue weighted by Gasteiger charge is 2.28. The second-order valence-corrected chi connectivity index (χ2v) is 12.8. The predicted octanol–water partition coefficient (Wildman–Crippen LogP) is 6.01. The number of hydrogen-bond donors (Lipinski definition) is 0. The lowest BCUT2D eigenvalue weighted by molar-refractivity contribution is -0.155. The van der Waals surface area contributed by atoms with Crippen LogP contribution in [0.3, 0.4) is 0 Å². The van der Waals surface area contributed by atoms with Crippen molar-refractivity contribution in [3.8, 4) is 17.4 Å². The van der Waals surface area contributed by atoms with Gasteiger partial charge in [0, 0.05) is 19.7 Å². The highest BCUT2D eigenvalue weighted by atomic mass is 16.6. The SMILES string of the molecule is Cn1c(=O)n(-c2ccc(OCc3ccccc3)nc2OCc2ccccc2)c2ccc([C@H]3CCN(CC(=O)OC(C)(C)C)C3)cc21. The Morgan fingerprint density at radius 3 is 2.22 bits per heavy atom. The van der Waals surface area contributed by atoms with E-state index in [1.54, 1.807) is 22.2 Å². The first-order valence-electron chi connectivity index (χ1n) is 15.6. The molecule has 0 N–H and O–H groups in total. The first-order valence-corrected chi connectivity index (χ1v) is 15.6. The summed E-state index contributed by atoms with van der Waals surface area (Å²) >= 11 is 0. The number of likely N-dealkylation sites (tertiary alicyclic amines) is 1. The standard InChI is InChI=1S/C37H40N4O5/c1-37(2,3)46-34(42)23-40-20-19-29(22-40)28-15-16-30-32(21-28)39(4)36(43)41(30)31-17-18-33(44-24-26-11-7-5-8-12-26)38-35(31)45-25-27-13-9-6-10-14-27/h5-18,21,29H,19-20,22-25H2,1-4H3/t29-/m0/s1. The number of benzene rings is 3. The molecule has 0 amide bonds. The largest absolute Gasteiger partial charge is 0.473 e. The van der Waals surface area contributed by atoms with Crippen molar-refractivity contribution in [2.45, 2.75) is 51.9 Å². The first kappa shape index (κ1) is 31.1. The van der Waals surface area contributed by atoms with E-state index in [4.69, 9.17) is 19.2 Å². The molecular weight excluding hydrogens is 580 g/mol. The fourth-order valence-electron chi connectivity index (χ4n) is 5.88. The zero-order chi connectivity index (χ0) is 32.3. The number of fused-ring (bicyclic) bond motifs is 1. The number of carbonyl (C=O) groups is 1. The molecule has 3 aromatic carbocycles. The Kier molecular flexibility index (Phi) is 8.94. The van der Waals surface area contributed by atoms with Crippen molar-refractivity contribution < 1.29 is 19.0 Å². The molecule has 46 heavy (non-hydrogen) atoms. The van der Waals surface area contributed by atoms with Gasteiger partial charge in [-0.05, 0) is 74.5 Å². The molecule has 5 aromatic rings. The number of aryl methyl sites for hydroxylation is 1. The summed E-state index contributed by atoms with van der Waals surface area (Å²) in [6.45, 7) is 8.13. The normalized spacial score (nSPS) is 15.3. The van der Waals surface area contributed by atoms with Gasteiger partial charge in [0.15, 0.2) is 0 Å². The maximum atomic E-state index is 13.8. The molecule has 1 saturated heterocycles. The van der Waals surface area contributed by atoms with Gasteiger partial charge in [-0.2, -0.15) is 4.98 Å². The lowest BCUT2D eigenvalue weighted by Crippen LogP contribution is -2.33. The van der Waals surface area contributed by atoms with Gasteiger partial charge < -0.3 is 14.2 Å². The van der Waals surface area contributed by atoms with Crippen LogP contribution in [0.5, 0.6) is 11.8 Å². The zero-order valence-electron chi connectivity index (χ0n) is 26.8. The van der Waals surface area contributed by atoms with Crippen LogP contribution in [0.15, 0.2) is 95.8 Å². The van der Waals surface area contributed by atoms with Gasteiger partial charge in [-0.25, -0.2) is 4.79 Å². The van der Waals surface area contributed by atoms with Crippen molar-refractivity contribution in [1.29, 1.82) is 0 Å². The van der Waals surface area contributed by atoms with Crippen molar-refractivity contribution in [3.05, 3.63) is 118 Å². The van der Waals surface area contributed by atoms with E-state index in [1.807, 2.05) is 93.6 Å². The first-order chi connectivity index (χ1) is 22.1. The van der Waals surface area contributed by atoms with E-state index < -0.39 is 5.60 Å². The molecule has 0 saturated carbocycles. The van der Waals surface area contributed by atoms with Gasteiger partial charge in [0.2, 0.25) is 11.8 Å². The van der Waals surface area contributed by atoms with Crippen molar-refractivity contribution in [2.24, 2.45) is 7.05 Å². The van der Waals surface area contributed by atoms with Crippen LogP contribution in [0.4, 0.5) is 0 Å². The number of hydrogen-bond acceptors (Lipinski definition) is 7. The quantitative estimate of drug-likeness (QED) is 0.177. The van der Waals surface area contributed by atoms with Crippen molar-refractivity contribution in [1.82, 2.24) is 19.0 Å². The van der Waals surface area contributed by atoms with Crippen molar-refractivity contribution in [3.63, 3.8) is 0 Å². The van der Waals surface area contributed by atoms with E-state index in [0.29, 0.717) is 24.1 Å². The summed E-state index contributed by atoms with van der Waals surface area (Å²) in [6, 6.07) is 29.5. The van der Waals surface area contributed by atoms with Gasteiger partial charge in [-0.3, -0.25) is 18.8 Å². The van der Waals surface area contributed by atoms with Crippen LogP contribution in [-0.4, -0.2) is 50.2 Å². The molecule has 2 aromatic heterocycles. The number of nitrogens with zero attached hydrogens (tertiary/aromatic N) is 4. The molecule has 0 aliphatic carbocycles. The second-order valence-electron chi connectivity index (χ2n) is 12.8. The molecule has 0 unspecified atom stereocenters. The van der Waals surface area contributed by atoms with Gasteiger partial charge in [0.25, 0.3) is 0 Å². The summed E-state index contributed by atoms with van der Waals surface area (Å²) in [7, 11) is 1.78. The van der Waals surface area contributed by atoms with E-state index in [9.17, 15) is 9.59 Å². The number of aromatic nitrogens is 3. The third-order valence-corrected chi connectivity index (χ3v) is 8.10. The lowest BCUT2D eigenvalue weighted by atomic mass is 9.98. The Morgan fingerprint density at radius 1 is 0.870 bits per heavy atom. The molecule has 6 rings (SSSR count). The van der Waals surface area contributed by atoms with Crippen LogP contribution in [0.1, 0.15) is 49.8 Å². The van der Waals surface area contributed by atoms with Gasteiger partial charge in [-0.1, -0.05) is 66.7 Å². The number of esters is 1. The molecule has 1 fully saturated rings. The van der Waals surface area contributed by atoms with Gasteiger partial charge in [0.05, 0.1) is 17.6 Å². The molecule has 0 spiro atoms. The Balaban J connectivity index is 1.28. The molecule has 9 nitrogen and oxygen atoms in total. The number of rotatable bonds is 10. The average Bonchev–Trinajstić information content (AvgIpc) is 3.60. The second kappa shape index (κ2) is 13.2. The van der Waals surface area contributed by atoms with E-state index >= 15 is 0 Å². The minimum atomic E-state index is -0.503. The van der Waals surface area contributed by atoms with Gasteiger partial charge >= 0.3 is 11.7 Å². The summed E-state index contributed by atoms with van der Waals surface area (Å²) in [5, 5.41) is 0. The fourth-order valence-corrected chi connectivity index (χ4v) is 5.88. The van der Waals surface area contributed by atoms with Crippen LogP contribution >= 0.6 is 0 Å². The van der Waals surface area contributed by atoms with E-state index in [-0.39, 0.29) is 30.7 Å². The predicted molar refractivity (Wildman–Crippen MR) is 178 cm³/mol. The topological polar surface area (TPSA) is 87.8 Å². The molecule has 1 aliphatic heterocycles. The van der Waals surface area contributed by atoms with Crippen LogP contribution in [0.2, 0.25) is 0 Å². The lowest BCUT2D eigenvalue weighted by Gasteiger charge is -2.22. The highest BCUT2D eigenvalue weighted by molar-refractivity contribution is 5.79. The Hall–Kier alpha value is -4.89. The molecule has 1 atom stereocenters. The third-order valence-electron chi connectivity index (χ3n) is 8.10. The van der Waals surface area contributed by atoms with Gasteiger partial charge in [0.1, 0.15) is 24.5 Å². The molecular formula is C37H40N4O5. The molecule has 1 aliphatic rings. The maximum Gasteiger partial charge on any atom is 0.333 e. The van der Waals surface area contributed by atoms with Crippen molar-refractivity contribution in [2.75, 3.05) is 19.6 Å². The minimum absolute atomic E-state index is 0.200. The number of pyridine rings is 1. The van der Waals surface area contributed by atoms with Crippen LogP contribution in [0.25, 0.3) is 16.7 Å².